The van der Waals surface area contributed by atoms with Crippen LogP contribution in [0.15, 0.2) is 18.3 Å². The van der Waals surface area contributed by atoms with Gasteiger partial charge >= 0.3 is 0 Å². The molecule has 0 spiro atoms. The van der Waals surface area contributed by atoms with Gasteiger partial charge in [-0.15, -0.1) is 0 Å². The second-order valence-electron chi connectivity index (χ2n) is 3.35. The van der Waals surface area contributed by atoms with Gasteiger partial charge in [-0.25, -0.2) is 0 Å². The molecule has 0 bridgehead atoms. The molecule has 0 aliphatic heterocycles. The van der Waals surface area contributed by atoms with Crippen molar-refractivity contribution in [3.05, 3.63) is 29.6 Å². The summed E-state index contributed by atoms with van der Waals surface area (Å²) in [5, 5.41) is 5.88. The van der Waals surface area contributed by atoms with Crippen LogP contribution >= 0.6 is 0 Å². The summed E-state index contributed by atoms with van der Waals surface area (Å²) < 4.78 is 0. The fourth-order valence-electron chi connectivity index (χ4n) is 1.29. The second kappa shape index (κ2) is 6.14. The lowest BCUT2D eigenvalue weighted by molar-refractivity contribution is 0.0952. The predicted octanol–water partition coefficient (Wildman–Crippen LogP) is 0.729. The van der Waals surface area contributed by atoms with E-state index in [0.717, 1.165) is 18.7 Å². The second-order valence-corrected chi connectivity index (χ2v) is 3.35. The van der Waals surface area contributed by atoms with E-state index in [1.807, 2.05) is 14.0 Å². The van der Waals surface area contributed by atoms with E-state index in [9.17, 15) is 4.79 Å². The summed E-state index contributed by atoms with van der Waals surface area (Å²) in [5.41, 5.74) is 1.42. The van der Waals surface area contributed by atoms with Crippen molar-refractivity contribution in [1.82, 2.24) is 15.6 Å². The lowest BCUT2D eigenvalue weighted by Crippen LogP contribution is -2.27. The Morgan fingerprint density at radius 3 is 2.93 bits per heavy atom. The molecule has 4 heteroatoms. The van der Waals surface area contributed by atoms with Gasteiger partial charge in [0.15, 0.2) is 0 Å². The van der Waals surface area contributed by atoms with Gasteiger partial charge in [-0.3, -0.25) is 9.78 Å². The first-order valence-corrected chi connectivity index (χ1v) is 5.10. The molecule has 82 valence electrons. The number of nitrogens with zero attached hydrogens (tertiary/aromatic N) is 1. The summed E-state index contributed by atoms with van der Waals surface area (Å²) in [6.07, 6.45) is 2.62. The molecule has 0 saturated carbocycles. The number of amides is 1. The van der Waals surface area contributed by atoms with Crippen LogP contribution in [0.25, 0.3) is 0 Å². The molecule has 0 aromatic carbocycles. The molecule has 4 nitrogen and oxygen atoms in total. The highest BCUT2D eigenvalue weighted by molar-refractivity contribution is 5.95. The Balaban J connectivity index is 2.44. The first kappa shape index (κ1) is 11.7. The van der Waals surface area contributed by atoms with E-state index in [1.54, 1.807) is 18.3 Å². The number of hydrogen-bond acceptors (Lipinski definition) is 3. The Kier molecular flexibility index (Phi) is 4.77. The monoisotopic (exact) mass is 207 g/mol. The van der Waals surface area contributed by atoms with Crippen LogP contribution in [0.3, 0.4) is 0 Å². The molecular weight excluding hydrogens is 190 g/mol. The Morgan fingerprint density at radius 2 is 2.27 bits per heavy atom. The molecule has 0 radical (unpaired) electrons. The predicted molar refractivity (Wildman–Crippen MR) is 59.9 cm³/mol. The van der Waals surface area contributed by atoms with Crippen LogP contribution in [0.1, 0.15) is 22.5 Å². The van der Waals surface area contributed by atoms with Crippen molar-refractivity contribution in [2.24, 2.45) is 0 Å². The van der Waals surface area contributed by atoms with Gasteiger partial charge in [0.05, 0.1) is 5.56 Å². The van der Waals surface area contributed by atoms with Crippen LogP contribution in [-0.2, 0) is 0 Å². The van der Waals surface area contributed by atoms with Crippen LogP contribution in [0, 0.1) is 6.92 Å². The molecule has 0 aliphatic rings. The molecule has 1 rings (SSSR count). The van der Waals surface area contributed by atoms with E-state index in [1.165, 1.54) is 0 Å². The minimum atomic E-state index is -0.0447. The average Bonchev–Trinajstić information content (AvgIpc) is 2.25. The van der Waals surface area contributed by atoms with Gasteiger partial charge in [0, 0.05) is 18.4 Å². The summed E-state index contributed by atoms with van der Waals surface area (Å²) in [7, 11) is 1.90. The molecule has 0 saturated heterocycles. The zero-order valence-corrected chi connectivity index (χ0v) is 9.21. The normalized spacial score (nSPS) is 10.0. The summed E-state index contributed by atoms with van der Waals surface area (Å²) in [5.74, 6) is -0.0447. The number of aryl methyl sites for hydroxylation is 1. The average molecular weight is 207 g/mol. The Bertz CT molecular complexity index is 325. The fourth-order valence-corrected chi connectivity index (χ4v) is 1.29. The minimum absolute atomic E-state index is 0.0447. The maximum Gasteiger partial charge on any atom is 0.253 e. The Morgan fingerprint density at radius 1 is 1.47 bits per heavy atom. The molecule has 1 aromatic rings. The highest BCUT2D eigenvalue weighted by Gasteiger charge is 2.07. The summed E-state index contributed by atoms with van der Waals surface area (Å²) in [4.78, 5) is 15.7. The van der Waals surface area contributed by atoms with Gasteiger partial charge in [-0.1, -0.05) is 0 Å². The zero-order chi connectivity index (χ0) is 11.1. The lowest BCUT2D eigenvalue weighted by atomic mass is 10.2. The van der Waals surface area contributed by atoms with Gasteiger partial charge in [0.1, 0.15) is 0 Å². The van der Waals surface area contributed by atoms with Gasteiger partial charge < -0.3 is 10.6 Å². The topological polar surface area (TPSA) is 54.0 Å². The maximum atomic E-state index is 11.7. The van der Waals surface area contributed by atoms with Crippen LogP contribution in [-0.4, -0.2) is 31.0 Å². The highest BCUT2D eigenvalue weighted by atomic mass is 16.1. The van der Waals surface area contributed by atoms with Crippen molar-refractivity contribution in [1.29, 1.82) is 0 Å². The van der Waals surface area contributed by atoms with E-state index in [2.05, 4.69) is 15.6 Å². The van der Waals surface area contributed by atoms with Crippen LogP contribution in [0.4, 0.5) is 0 Å². The lowest BCUT2D eigenvalue weighted by Gasteiger charge is -2.06. The molecule has 1 amide bonds. The van der Waals surface area contributed by atoms with Crippen molar-refractivity contribution in [3.8, 4) is 0 Å². The first-order chi connectivity index (χ1) is 7.25. The van der Waals surface area contributed by atoms with Crippen LogP contribution in [0.5, 0.6) is 0 Å². The Labute approximate surface area is 90.1 Å². The van der Waals surface area contributed by atoms with Crippen molar-refractivity contribution in [2.75, 3.05) is 20.1 Å². The number of aromatic nitrogens is 1. The number of pyridine rings is 1. The molecule has 2 N–H and O–H groups in total. The molecule has 0 aliphatic carbocycles. The summed E-state index contributed by atoms with van der Waals surface area (Å²) >= 11 is 0. The quantitative estimate of drug-likeness (QED) is 0.700. The molecule has 15 heavy (non-hydrogen) atoms. The van der Waals surface area contributed by atoms with Gasteiger partial charge in [-0.2, -0.15) is 0 Å². The van der Waals surface area contributed by atoms with Crippen molar-refractivity contribution in [3.63, 3.8) is 0 Å². The van der Waals surface area contributed by atoms with E-state index < -0.39 is 0 Å². The highest BCUT2D eigenvalue weighted by Crippen LogP contribution is 2.02. The van der Waals surface area contributed by atoms with E-state index >= 15 is 0 Å². The van der Waals surface area contributed by atoms with Crippen LogP contribution in [0.2, 0.25) is 0 Å². The summed E-state index contributed by atoms with van der Waals surface area (Å²) in [6.45, 7) is 3.43. The first-order valence-electron chi connectivity index (χ1n) is 5.10. The maximum absolute atomic E-state index is 11.7. The third-order valence-electron chi connectivity index (χ3n) is 2.14. The SMILES string of the molecule is CNCCCNC(=O)c1cccnc1C. The Hall–Kier alpha value is -1.42. The molecule has 0 unspecified atom stereocenters. The third-order valence-corrected chi connectivity index (χ3v) is 2.14. The van der Waals surface area contributed by atoms with Gasteiger partial charge in [0.25, 0.3) is 5.91 Å². The summed E-state index contributed by atoms with van der Waals surface area (Å²) in [6, 6.07) is 3.56. The van der Waals surface area contributed by atoms with E-state index in [-0.39, 0.29) is 5.91 Å². The van der Waals surface area contributed by atoms with Crippen LogP contribution < -0.4 is 10.6 Å². The third kappa shape index (κ3) is 3.67. The molecular formula is C11H17N3O. The molecule has 0 fully saturated rings. The number of nitrogens with one attached hydrogen (secondary N) is 2. The standard InChI is InChI=1S/C11H17N3O/c1-9-10(5-3-7-13-9)11(15)14-8-4-6-12-2/h3,5,7,12H,4,6,8H2,1-2H3,(H,14,15). The molecule has 0 atom stereocenters. The fraction of sp³-hybridized carbons (Fsp3) is 0.455. The smallest absolute Gasteiger partial charge is 0.253 e. The number of carbonyl (C=O) groups excluding carboxylic acids is 1. The molecule has 1 heterocycles. The van der Waals surface area contributed by atoms with Crippen molar-refractivity contribution in [2.45, 2.75) is 13.3 Å². The number of hydrogen-bond donors (Lipinski definition) is 2. The number of rotatable bonds is 5. The van der Waals surface area contributed by atoms with Gasteiger partial charge in [0.2, 0.25) is 0 Å². The van der Waals surface area contributed by atoms with Crippen molar-refractivity contribution < 1.29 is 4.79 Å². The minimum Gasteiger partial charge on any atom is -0.352 e. The number of carbonyl (C=O) groups is 1. The largest absolute Gasteiger partial charge is 0.352 e. The zero-order valence-electron chi connectivity index (χ0n) is 9.21. The molecule has 1 aromatic heterocycles. The van der Waals surface area contributed by atoms with E-state index in [4.69, 9.17) is 0 Å². The van der Waals surface area contributed by atoms with Crippen molar-refractivity contribution >= 4 is 5.91 Å². The van der Waals surface area contributed by atoms with Gasteiger partial charge in [-0.05, 0) is 39.1 Å². The van der Waals surface area contributed by atoms with E-state index in [0.29, 0.717) is 12.1 Å².